The average Bonchev–Trinajstić information content (AvgIpc) is 2.77. The molecular weight excluding hydrogens is 244 g/mol. The summed E-state index contributed by atoms with van der Waals surface area (Å²) in [5.74, 6) is 0.670. The summed E-state index contributed by atoms with van der Waals surface area (Å²) in [4.78, 5) is 14.7. The molecule has 0 amide bonds. The Balaban J connectivity index is 2.53. The standard InChI is InChI=1S/C10H16N2O2S2/c1-10(2,8(14)7(11)5-13)6-16-9-12-3-4-15-9/h3-5,7-8,14H,6,11H2,1-2H3/t7-,8+/m1/s1. The van der Waals surface area contributed by atoms with Gasteiger partial charge in [-0.3, -0.25) is 0 Å². The average molecular weight is 260 g/mol. The van der Waals surface area contributed by atoms with Crippen molar-refractivity contribution in [3.05, 3.63) is 11.6 Å². The summed E-state index contributed by atoms with van der Waals surface area (Å²) < 4.78 is 0.958. The zero-order valence-corrected chi connectivity index (χ0v) is 10.9. The van der Waals surface area contributed by atoms with Crippen LogP contribution in [0.2, 0.25) is 0 Å². The van der Waals surface area contributed by atoms with Crippen LogP contribution < -0.4 is 5.73 Å². The van der Waals surface area contributed by atoms with Crippen LogP contribution in [0.25, 0.3) is 0 Å². The van der Waals surface area contributed by atoms with Crippen molar-refractivity contribution in [2.24, 2.45) is 11.1 Å². The van der Waals surface area contributed by atoms with Gasteiger partial charge in [0.2, 0.25) is 0 Å². The summed E-state index contributed by atoms with van der Waals surface area (Å²) in [5, 5.41) is 11.8. The Morgan fingerprint density at radius 3 is 2.94 bits per heavy atom. The van der Waals surface area contributed by atoms with E-state index in [-0.39, 0.29) is 0 Å². The molecule has 6 heteroatoms. The highest BCUT2D eigenvalue weighted by molar-refractivity contribution is 8.01. The van der Waals surface area contributed by atoms with Gasteiger partial charge in [0, 0.05) is 22.7 Å². The van der Waals surface area contributed by atoms with Gasteiger partial charge in [-0.1, -0.05) is 25.6 Å². The van der Waals surface area contributed by atoms with Gasteiger partial charge in [0.25, 0.3) is 0 Å². The molecule has 0 fully saturated rings. The Bertz CT molecular complexity index is 328. The number of nitrogens with two attached hydrogens (primary N) is 1. The molecule has 0 saturated heterocycles. The van der Waals surface area contributed by atoms with E-state index in [0.29, 0.717) is 12.0 Å². The van der Waals surface area contributed by atoms with Crippen LogP contribution in [0.1, 0.15) is 13.8 Å². The summed E-state index contributed by atoms with van der Waals surface area (Å²) in [6.07, 6.45) is 1.49. The Morgan fingerprint density at radius 2 is 2.44 bits per heavy atom. The lowest BCUT2D eigenvalue weighted by atomic mass is 9.85. The third-order valence-corrected chi connectivity index (χ3v) is 4.75. The van der Waals surface area contributed by atoms with Crippen molar-refractivity contribution in [2.75, 3.05) is 5.75 Å². The molecule has 0 bridgehead atoms. The fourth-order valence-corrected chi connectivity index (χ4v) is 2.99. The van der Waals surface area contributed by atoms with E-state index in [1.54, 1.807) is 29.3 Å². The highest BCUT2D eigenvalue weighted by atomic mass is 32.2. The van der Waals surface area contributed by atoms with Crippen molar-refractivity contribution < 1.29 is 9.90 Å². The topological polar surface area (TPSA) is 76.2 Å². The van der Waals surface area contributed by atoms with Gasteiger partial charge in [0.15, 0.2) is 0 Å². The predicted molar refractivity (Wildman–Crippen MR) is 66.7 cm³/mol. The quantitative estimate of drug-likeness (QED) is 0.593. The molecule has 0 aliphatic carbocycles. The fraction of sp³-hybridized carbons (Fsp3) is 0.600. The van der Waals surface area contributed by atoms with Gasteiger partial charge < -0.3 is 15.6 Å². The summed E-state index contributed by atoms with van der Waals surface area (Å²) in [5.41, 5.74) is 5.09. The number of hydrogen-bond acceptors (Lipinski definition) is 6. The second kappa shape index (κ2) is 5.77. The molecule has 3 N–H and O–H groups in total. The van der Waals surface area contributed by atoms with E-state index < -0.39 is 17.6 Å². The molecule has 0 aliphatic heterocycles. The number of thiazole rings is 1. The summed E-state index contributed by atoms with van der Waals surface area (Å²) in [6, 6.07) is -0.827. The van der Waals surface area contributed by atoms with Gasteiger partial charge in [-0.2, -0.15) is 0 Å². The highest BCUT2D eigenvalue weighted by Crippen LogP contribution is 2.31. The van der Waals surface area contributed by atoms with Gasteiger partial charge >= 0.3 is 0 Å². The summed E-state index contributed by atoms with van der Waals surface area (Å²) >= 11 is 3.13. The number of aldehydes is 1. The molecule has 0 saturated carbocycles. The van der Waals surface area contributed by atoms with Crippen molar-refractivity contribution in [3.63, 3.8) is 0 Å². The monoisotopic (exact) mass is 260 g/mol. The fourth-order valence-electron chi connectivity index (χ4n) is 1.21. The molecule has 4 nitrogen and oxygen atoms in total. The van der Waals surface area contributed by atoms with Crippen LogP contribution in [0, 0.1) is 5.41 Å². The Morgan fingerprint density at radius 1 is 1.75 bits per heavy atom. The molecule has 2 atom stereocenters. The maximum absolute atomic E-state index is 10.5. The molecule has 1 heterocycles. The molecule has 0 spiro atoms. The van der Waals surface area contributed by atoms with Crippen molar-refractivity contribution in [3.8, 4) is 0 Å². The molecule has 0 unspecified atom stereocenters. The largest absolute Gasteiger partial charge is 0.390 e. The highest BCUT2D eigenvalue weighted by Gasteiger charge is 2.32. The molecule has 0 radical (unpaired) electrons. The molecule has 16 heavy (non-hydrogen) atoms. The first kappa shape index (κ1) is 13.6. The van der Waals surface area contributed by atoms with E-state index in [4.69, 9.17) is 5.73 Å². The van der Waals surface area contributed by atoms with Crippen molar-refractivity contribution in [1.82, 2.24) is 4.98 Å². The second-order valence-corrected chi connectivity index (χ2v) is 6.35. The van der Waals surface area contributed by atoms with Crippen LogP contribution in [0.4, 0.5) is 0 Å². The van der Waals surface area contributed by atoms with Crippen LogP contribution in [0.5, 0.6) is 0 Å². The molecule has 1 aromatic rings. The minimum Gasteiger partial charge on any atom is -0.390 e. The molecule has 1 rings (SSSR count). The molecule has 0 aromatic carbocycles. The van der Waals surface area contributed by atoms with E-state index in [1.165, 1.54) is 0 Å². The van der Waals surface area contributed by atoms with E-state index in [2.05, 4.69) is 4.98 Å². The molecule has 0 aliphatic rings. The first-order chi connectivity index (χ1) is 7.47. The summed E-state index contributed by atoms with van der Waals surface area (Å²) in [6.45, 7) is 3.78. The maximum atomic E-state index is 10.5. The number of carbonyl (C=O) groups is 1. The number of aromatic nitrogens is 1. The van der Waals surface area contributed by atoms with Crippen molar-refractivity contribution >= 4 is 29.4 Å². The number of nitrogens with zero attached hydrogens (tertiary/aromatic N) is 1. The number of carbonyl (C=O) groups excluding carboxylic acids is 1. The smallest absolute Gasteiger partial charge is 0.149 e. The number of hydrogen-bond donors (Lipinski definition) is 2. The zero-order chi connectivity index (χ0) is 12.2. The minimum atomic E-state index is -0.836. The molecule has 1 aromatic heterocycles. The Labute approximate surface area is 103 Å². The van der Waals surface area contributed by atoms with E-state index in [1.807, 2.05) is 19.2 Å². The van der Waals surface area contributed by atoms with Gasteiger partial charge in [-0.25, -0.2) is 4.98 Å². The first-order valence-electron chi connectivity index (χ1n) is 4.88. The van der Waals surface area contributed by atoms with Gasteiger partial charge in [0.05, 0.1) is 12.1 Å². The van der Waals surface area contributed by atoms with Gasteiger partial charge in [0.1, 0.15) is 10.6 Å². The number of aliphatic hydroxyl groups excluding tert-OH is 1. The van der Waals surface area contributed by atoms with Crippen LogP contribution >= 0.6 is 23.1 Å². The third kappa shape index (κ3) is 3.55. The number of aliphatic hydroxyl groups is 1. The lowest BCUT2D eigenvalue weighted by molar-refractivity contribution is -0.112. The predicted octanol–water partition coefficient (Wildman–Crippen LogP) is 1.15. The van der Waals surface area contributed by atoms with Crippen molar-refractivity contribution in [2.45, 2.75) is 30.3 Å². The Hall–Kier alpha value is -0.430. The Kier molecular flexibility index (Phi) is 4.91. The maximum Gasteiger partial charge on any atom is 0.149 e. The second-order valence-electron chi connectivity index (χ2n) is 4.23. The van der Waals surface area contributed by atoms with Crippen molar-refractivity contribution in [1.29, 1.82) is 0 Å². The third-order valence-electron chi connectivity index (χ3n) is 2.30. The van der Waals surface area contributed by atoms with E-state index in [0.717, 1.165) is 4.34 Å². The number of thioether (sulfide) groups is 1. The molecule has 90 valence electrons. The lowest BCUT2D eigenvalue weighted by Gasteiger charge is -2.31. The van der Waals surface area contributed by atoms with Crippen LogP contribution in [-0.4, -0.2) is 34.3 Å². The zero-order valence-electron chi connectivity index (χ0n) is 9.29. The summed E-state index contributed by atoms with van der Waals surface area (Å²) in [7, 11) is 0. The van der Waals surface area contributed by atoms with Crippen LogP contribution in [0.3, 0.4) is 0 Å². The van der Waals surface area contributed by atoms with E-state index in [9.17, 15) is 9.90 Å². The van der Waals surface area contributed by atoms with Gasteiger partial charge in [-0.15, -0.1) is 11.3 Å². The first-order valence-corrected chi connectivity index (χ1v) is 6.75. The number of rotatable bonds is 6. The van der Waals surface area contributed by atoms with Crippen LogP contribution in [-0.2, 0) is 4.79 Å². The minimum absolute atomic E-state index is 0.420. The van der Waals surface area contributed by atoms with E-state index >= 15 is 0 Å². The van der Waals surface area contributed by atoms with Gasteiger partial charge in [-0.05, 0) is 0 Å². The SMILES string of the molecule is CC(C)(CSc1nccs1)[C@@H](O)[C@H](N)C=O. The van der Waals surface area contributed by atoms with Crippen LogP contribution in [0.15, 0.2) is 15.9 Å². The molecular formula is C10H16N2O2S2. The normalized spacial score (nSPS) is 15.8. The lowest BCUT2D eigenvalue weighted by Crippen LogP contribution is -2.46.